The third kappa shape index (κ3) is 3.33. The van der Waals surface area contributed by atoms with Crippen LogP contribution < -0.4 is 0 Å². The third-order valence-corrected chi connectivity index (χ3v) is 6.74. The molecule has 8 heteroatoms. The summed E-state index contributed by atoms with van der Waals surface area (Å²) in [5, 5.41) is 1.86. The molecule has 1 aromatic carbocycles. The molecule has 0 bridgehead atoms. The van der Waals surface area contributed by atoms with E-state index in [2.05, 4.69) is 15.9 Å². The number of sulfonamides is 1. The van der Waals surface area contributed by atoms with Crippen molar-refractivity contribution in [2.24, 2.45) is 0 Å². The Morgan fingerprint density at radius 2 is 2.00 bits per heavy atom. The average molecular weight is 396 g/mol. The smallest absolute Gasteiger partial charge is 0.207 e. The van der Waals surface area contributed by atoms with Crippen molar-refractivity contribution in [1.82, 2.24) is 4.31 Å². The molecule has 21 heavy (non-hydrogen) atoms. The van der Waals surface area contributed by atoms with Crippen molar-refractivity contribution < 1.29 is 17.2 Å². The molecule has 0 unspecified atom stereocenters. The minimum atomic E-state index is -4.06. The van der Waals surface area contributed by atoms with Crippen LogP contribution in [0.1, 0.15) is 10.4 Å². The third-order valence-electron chi connectivity index (χ3n) is 2.97. The van der Waals surface area contributed by atoms with Crippen LogP contribution in [-0.2, 0) is 16.6 Å². The molecular formula is C13H12BrF2NO2S2. The Kier molecular flexibility index (Phi) is 4.82. The number of hydrogen-bond acceptors (Lipinski definition) is 3. The van der Waals surface area contributed by atoms with E-state index in [-0.39, 0.29) is 11.0 Å². The number of halogens is 3. The van der Waals surface area contributed by atoms with E-state index in [1.165, 1.54) is 18.4 Å². The van der Waals surface area contributed by atoms with Gasteiger partial charge in [-0.15, -0.1) is 11.3 Å². The lowest BCUT2D eigenvalue weighted by Gasteiger charge is -2.18. The molecule has 2 aromatic rings. The fraction of sp³-hybridized carbons (Fsp3) is 0.231. The topological polar surface area (TPSA) is 37.4 Å². The molecular weight excluding hydrogens is 384 g/mol. The van der Waals surface area contributed by atoms with Gasteiger partial charge in [0.1, 0.15) is 16.5 Å². The van der Waals surface area contributed by atoms with Gasteiger partial charge in [-0.25, -0.2) is 17.2 Å². The molecule has 0 spiro atoms. The Morgan fingerprint density at radius 1 is 1.33 bits per heavy atom. The molecule has 0 aliphatic carbocycles. The molecule has 0 aliphatic heterocycles. The number of benzene rings is 1. The van der Waals surface area contributed by atoms with Gasteiger partial charge in [0.2, 0.25) is 10.0 Å². The fourth-order valence-electron chi connectivity index (χ4n) is 1.78. The van der Waals surface area contributed by atoms with Crippen molar-refractivity contribution in [2.75, 3.05) is 7.05 Å². The van der Waals surface area contributed by atoms with Gasteiger partial charge in [-0.3, -0.25) is 0 Å². The Morgan fingerprint density at radius 3 is 2.52 bits per heavy atom. The molecule has 0 fully saturated rings. The highest BCUT2D eigenvalue weighted by molar-refractivity contribution is 9.10. The Balaban J connectivity index is 2.40. The van der Waals surface area contributed by atoms with Crippen molar-refractivity contribution in [3.05, 3.63) is 50.1 Å². The molecule has 0 radical (unpaired) electrons. The predicted molar refractivity (Wildman–Crippen MR) is 81.8 cm³/mol. The molecule has 0 saturated carbocycles. The Hall–Kier alpha value is -0.830. The molecule has 2 rings (SSSR count). The van der Waals surface area contributed by atoms with E-state index in [1.54, 1.807) is 0 Å². The highest BCUT2D eigenvalue weighted by Gasteiger charge is 2.28. The molecule has 0 saturated heterocycles. The van der Waals surface area contributed by atoms with Gasteiger partial charge in [0.05, 0.1) is 0 Å². The number of aryl methyl sites for hydroxylation is 1. The van der Waals surface area contributed by atoms with Crippen LogP contribution in [0.3, 0.4) is 0 Å². The second-order valence-corrected chi connectivity index (χ2v) is 8.32. The van der Waals surface area contributed by atoms with Crippen LogP contribution >= 0.6 is 27.3 Å². The van der Waals surface area contributed by atoms with Gasteiger partial charge in [0, 0.05) is 29.0 Å². The summed E-state index contributed by atoms with van der Waals surface area (Å²) in [5.41, 5.74) is 0.973. The second-order valence-electron chi connectivity index (χ2n) is 4.49. The lowest BCUT2D eigenvalue weighted by Crippen LogP contribution is -2.27. The first-order valence-electron chi connectivity index (χ1n) is 5.87. The lowest BCUT2D eigenvalue weighted by molar-refractivity contribution is 0.460. The summed E-state index contributed by atoms with van der Waals surface area (Å²) in [4.78, 5) is 0.320. The molecule has 114 valence electrons. The standard InChI is InChI=1S/C13H12BrF2NO2S2/c1-8-3-4-20-12(8)7-17(2)21(18,19)13-10(14)5-9(15)6-11(13)16/h3-6H,7H2,1-2H3. The molecule has 1 aromatic heterocycles. The first-order chi connectivity index (χ1) is 9.73. The monoisotopic (exact) mass is 395 g/mol. The maximum Gasteiger partial charge on any atom is 0.247 e. The number of hydrogen-bond donors (Lipinski definition) is 0. The van der Waals surface area contributed by atoms with Crippen LogP contribution in [0.5, 0.6) is 0 Å². The van der Waals surface area contributed by atoms with Gasteiger partial charge >= 0.3 is 0 Å². The first kappa shape index (κ1) is 16.5. The van der Waals surface area contributed by atoms with Crippen LogP contribution in [0, 0.1) is 18.6 Å². The van der Waals surface area contributed by atoms with Crippen molar-refractivity contribution in [2.45, 2.75) is 18.4 Å². The van der Waals surface area contributed by atoms with Gasteiger partial charge in [-0.1, -0.05) is 0 Å². The summed E-state index contributed by atoms with van der Waals surface area (Å²) >= 11 is 4.34. The summed E-state index contributed by atoms with van der Waals surface area (Å²) in [6, 6.07) is 3.37. The summed E-state index contributed by atoms with van der Waals surface area (Å²) in [6.07, 6.45) is 0. The van der Waals surface area contributed by atoms with E-state index in [0.29, 0.717) is 6.07 Å². The van der Waals surface area contributed by atoms with Crippen molar-refractivity contribution in [1.29, 1.82) is 0 Å². The van der Waals surface area contributed by atoms with Crippen LogP contribution in [0.2, 0.25) is 0 Å². The van der Waals surface area contributed by atoms with E-state index < -0.39 is 26.6 Å². The number of thiophene rings is 1. The Bertz CT molecular complexity index is 751. The quantitative estimate of drug-likeness (QED) is 0.786. The minimum Gasteiger partial charge on any atom is -0.207 e. The van der Waals surface area contributed by atoms with E-state index in [4.69, 9.17) is 0 Å². The van der Waals surface area contributed by atoms with E-state index >= 15 is 0 Å². The zero-order valence-electron chi connectivity index (χ0n) is 11.2. The van der Waals surface area contributed by atoms with Crippen molar-refractivity contribution in [3.8, 4) is 0 Å². The zero-order valence-corrected chi connectivity index (χ0v) is 14.4. The number of nitrogens with zero attached hydrogens (tertiary/aromatic N) is 1. The average Bonchev–Trinajstić information content (AvgIpc) is 2.73. The van der Waals surface area contributed by atoms with Crippen molar-refractivity contribution in [3.63, 3.8) is 0 Å². The maximum atomic E-state index is 13.9. The second kappa shape index (κ2) is 6.12. The molecule has 1 heterocycles. The Labute approximate surface area is 134 Å². The van der Waals surface area contributed by atoms with Gasteiger partial charge in [0.25, 0.3) is 0 Å². The molecule has 0 atom stereocenters. The minimum absolute atomic E-state index is 0.130. The molecule has 0 N–H and O–H groups in total. The summed E-state index contributed by atoms with van der Waals surface area (Å²) in [5.74, 6) is -1.95. The molecule has 3 nitrogen and oxygen atoms in total. The summed E-state index contributed by atoms with van der Waals surface area (Å²) in [6.45, 7) is 2.01. The summed E-state index contributed by atoms with van der Waals surface area (Å²) in [7, 11) is -2.69. The fourth-order valence-corrected chi connectivity index (χ4v) is 5.07. The van der Waals surface area contributed by atoms with Gasteiger partial charge < -0.3 is 0 Å². The lowest BCUT2D eigenvalue weighted by atomic mass is 10.3. The SMILES string of the molecule is Cc1ccsc1CN(C)S(=O)(=O)c1c(F)cc(F)cc1Br. The highest BCUT2D eigenvalue weighted by Crippen LogP contribution is 2.30. The highest BCUT2D eigenvalue weighted by atomic mass is 79.9. The van der Waals surface area contributed by atoms with Crippen LogP contribution in [0.15, 0.2) is 32.9 Å². The largest absolute Gasteiger partial charge is 0.247 e. The van der Waals surface area contributed by atoms with Gasteiger partial charge in [-0.05, 0) is 45.9 Å². The molecule has 0 amide bonds. The van der Waals surface area contributed by atoms with E-state index in [9.17, 15) is 17.2 Å². The van der Waals surface area contributed by atoms with Crippen LogP contribution in [0.4, 0.5) is 8.78 Å². The van der Waals surface area contributed by atoms with E-state index in [0.717, 1.165) is 20.8 Å². The number of rotatable bonds is 4. The summed E-state index contributed by atoms with van der Waals surface area (Å²) < 4.78 is 52.8. The van der Waals surface area contributed by atoms with Gasteiger partial charge in [-0.2, -0.15) is 4.31 Å². The molecule has 0 aliphatic rings. The van der Waals surface area contributed by atoms with Crippen molar-refractivity contribution >= 4 is 37.3 Å². The maximum absolute atomic E-state index is 13.9. The van der Waals surface area contributed by atoms with E-state index in [1.807, 2.05) is 18.4 Å². The van der Waals surface area contributed by atoms with Crippen LogP contribution in [-0.4, -0.2) is 19.8 Å². The van der Waals surface area contributed by atoms with Gasteiger partial charge in [0.15, 0.2) is 0 Å². The first-order valence-corrected chi connectivity index (χ1v) is 8.98. The zero-order chi connectivity index (χ0) is 15.8. The van der Waals surface area contributed by atoms with Crippen LogP contribution in [0.25, 0.3) is 0 Å². The normalized spacial score (nSPS) is 12.1. The predicted octanol–water partition coefficient (Wildman–Crippen LogP) is 3.92.